The minimum atomic E-state index is 0.416. The van der Waals surface area contributed by atoms with Crippen molar-refractivity contribution in [3.63, 3.8) is 0 Å². The third kappa shape index (κ3) is 1.95. The highest BCUT2D eigenvalue weighted by molar-refractivity contribution is 5.96. The SMILES string of the molecule is CO/N=C1/C=C2CCC3C4CC=CC4(C)CCC3C2(C)CC1. The first kappa shape index (κ1) is 14.5. The van der Waals surface area contributed by atoms with E-state index in [0.717, 1.165) is 29.9 Å². The highest BCUT2D eigenvalue weighted by Crippen LogP contribution is 2.63. The number of fused-ring (bicyclic) bond motifs is 5. The monoisotopic (exact) mass is 299 g/mol. The molecule has 0 saturated heterocycles. The first-order chi connectivity index (χ1) is 10.6. The van der Waals surface area contributed by atoms with E-state index in [4.69, 9.17) is 4.84 Å². The predicted molar refractivity (Wildman–Crippen MR) is 90.7 cm³/mol. The number of hydrogen-bond acceptors (Lipinski definition) is 2. The Morgan fingerprint density at radius 3 is 2.82 bits per heavy atom. The van der Waals surface area contributed by atoms with Crippen LogP contribution in [0.1, 0.15) is 58.8 Å². The average Bonchev–Trinajstić information content (AvgIpc) is 2.89. The third-order valence-corrected chi connectivity index (χ3v) is 7.51. The second-order valence-corrected chi connectivity index (χ2v) is 8.45. The molecule has 2 fully saturated rings. The number of rotatable bonds is 1. The fraction of sp³-hybridized carbons (Fsp3) is 0.750. The van der Waals surface area contributed by atoms with Gasteiger partial charge in [0.05, 0.1) is 5.71 Å². The molecule has 0 bridgehead atoms. The van der Waals surface area contributed by atoms with Gasteiger partial charge in [-0.1, -0.05) is 36.7 Å². The molecule has 0 aliphatic heterocycles. The van der Waals surface area contributed by atoms with Crippen LogP contribution in [0.15, 0.2) is 29.0 Å². The lowest BCUT2D eigenvalue weighted by molar-refractivity contribution is -0.0221. The molecule has 2 heteroatoms. The molecule has 120 valence electrons. The molecule has 0 heterocycles. The van der Waals surface area contributed by atoms with Gasteiger partial charge in [0.1, 0.15) is 7.11 Å². The van der Waals surface area contributed by atoms with Crippen LogP contribution in [0, 0.1) is 28.6 Å². The quantitative estimate of drug-likeness (QED) is 0.486. The fourth-order valence-electron chi connectivity index (χ4n) is 6.24. The third-order valence-electron chi connectivity index (χ3n) is 7.51. The van der Waals surface area contributed by atoms with Crippen molar-refractivity contribution < 1.29 is 4.84 Å². The van der Waals surface area contributed by atoms with Gasteiger partial charge in [-0.3, -0.25) is 0 Å². The van der Waals surface area contributed by atoms with Gasteiger partial charge in [0, 0.05) is 0 Å². The fourth-order valence-corrected chi connectivity index (χ4v) is 6.24. The van der Waals surface area contributed by atoms with Crippen LogP contribution in [-0.2, 0) is 4.84 Å². The summed E-state index contributed by atoms with van der Waals surface area (Å²) in [4.78, 5) is 5.01. The summed E-state index contributed by atoms with van der Waals surface area (Å²) in [5, 5.41) is 4.20. The van der Waals surface area contributed by atoms with Crippen molar-refractivity contribution in [2.45, 2.75) is 58.8 Å². The first-order valence-electron chi connectivity index (χ1n) is 9.06. The summed E-state index contributed by atoms with van der Waals surface area (Å²) in [5.41, 5.74) is 3.72. The van der Waals surface area contributed by atoms with Gasteiger partial charge in [-0.25, -0.2) is 0 Å². The molecular weight excluding hydrogens is 270 g/mol. The lowest BCUT2D eigenvalue weighted by atomic mass is 9.47. The van der Waals surface area contributed by atoms with Gasteiger partial charge in [-0.05, 0) is 79.6 Å². The largest absolute Gasteiger partial charge is 0.399 e. The maximum atomic E-state index is 5.01. The van der Waals surface area contributed by atoms with Crippen molar-refractivity contribution >= 4 is 5.71 Å². The molecular formula is C20H29NO. The minimum absolute atomic E-state index is 0.416. The standard InChI is InChI=1S/C20H29NO/c1-19-10-4-5-17(19)16-7-6-14-13-15(21-22-3)8-12-20(14,2)18(16)9-11-19/h4,10,13,16-18H,5-9,11-12H2,1-3H3/b21-15+. The van der Waals surface area contributed by atoms with E-state index >= 15 is 0 Å². The van der Waals surface area contributed by atoms with Crippen LogP contribution in [0.3, 0.4) is 0 Å². The minimum Gasteiger partial charge on any atom is -0.399 e. The summed E-state index contributed by atoms with van der Waals surface area (Å²) in [7, 11) is 1.66. The van der Waals surface area contributed by atoms with Crippen LogP contribution < -0.4 is 0 Å². The van der Waals surface area contributed by atoms with Gasteiger partial charge in [-0.2, -0.15) is 0 Å². The molecule has 4 rings (SSSR count). The van der Waals surface area contributed by atoms with Crippen LogP contribution in [-0.4, -0.2) is 12.8 Å². The van der Waals surface area contributed by atoms with E-state index in [1.54, 1.807) is 12.7 Å². The van der Waals surface area contributed by atoms with Crippen molar-refractivity contribution in [3.05, 3.63) is 23.8 Å². The molecule has 0 N–H and O–H groups in total. The normalized spacial score (nSPS) is 48.4. The molecule has 0 aromatic heterocycles. The van der Waals surface area contributed by atoms with Gasteiger partial charge in [-0.15, -0.1) is 0 Å². The predicted octanol–water partition coefficient (Wildman–Crippen LogP) is 5.12. The topological polar surface area (TPSA) is 21.6 Å². The Hall–Kier alpha value is -1.05. The van der Waals surface area contributed by atoms with E-state index < -0.39 is 0 Å². The second kappa shape index (κ2) is 4.97. The van der Waals surface area contributed by atoms with Gasteiger partial charge < -0.3 is 4.84 Å². The Labute approximate surface area is 134 Å². The van der Waals surface area contributed by atoms with E-state index in [9.17, 15) is 0 Å². The number of oxime groups is 1. The molecule has 0 spiro atoms. The molecule has 0 amide bonds. The van der Waals surface area contributed by atoms with E-state index in [1.807, 2.05) is 0 Å². The molecule has 4 aliphatic rings. The van der Waals surface area contributed by atoms with Gasteiger partial charge in [0.2, 0.25) is 0 Å². The Morgan fingerprint density at radius 2 is 2.00 bits per heavy atom. The molecule has 22 heavy (non-hydrogen) atoms. The Morgan fingerprint density at radius 1 is 1.14 bits per heavy atom. The molecule has 4 aliphatic carbocycles. The number of allylic oxidation sites excluding steroid dienone is 4. The molecule has 2 saturated carbocycles. The van der Waals surface area contributed by atoms with Crippen molar-refractivity contribution in [1.82, 2.24) is 0 Å². The zero-order valence-corrected chi connectivity index (χ0v) is 14.3. The van der Waals surface area contributed by atoms with Gasteiger partial charge in [0.25, 0.3) is 0 Å². The zero-order valence-electron chi connectivity index (χ0n) is 14.3. The van der Waals surface area contributed by atoms with E-state index in [-0.39, 0.29) is 0 Å². The summed E-state index contributed by atoms with van der Waals surface area (Å²) < 4.78 is 0. The van der Waals surface area contributed by atoms with E-state index in [0.29, 0.717) is 10.8 Å². The molecule has 0 aromatic rings. The first-order valence-corrected chi connectivity index (χ1v) is 9.06. The Bertz CT molecular complexity index is 560. The van der Waals surface area contributed by atoms with Crippen LogP contribution in [0.2, 0.25) is 0 Å². The smallest absolute Gasteiger partial charge is 0.106 e. The van der Waals surface area contributed by atoms with Crippen molar-refractivity contribution in [1.29, 1.82) is 0 Å². The molecule has 5 atom stereocenters. The van der Waals surface area contributed by atoms with Crippen LogP contribution >= 0.6 is 0 Å². The Kier molecular flexibility index (Phi) is 3.29. The second-order valence-electron chi connectivity index (χ2n) is 8.45. The number of hydrogen-bond donors (Lipinski definition) is 0. The summed E-state index contributed by atoms with van der Waals surface area (Å²) in [6, 6.07) is 0. The van der Waals surface area contributed by atoms with Crippen molar-refractivity contribution in [3.8, 4) is 0 Å². The zero-order chi connectivity index (χ0) is 15.4. The summed E-state index contributed by atoms with van der Waals surface area (Å²) in [6.07, 6.45) is 16.5. The maximum absolute atomic E-state index is 5.01. The van der Waals surface area contributed by atoms with Gasteiger partial charge in [0.15, 0.2) is 0 Å². The highest BCUT2D eigenvalue weighted by Gasteiger charge is 2.54. The van der Waals surface area contributed by atoms with Crippen LogP contribution in [0.5, 0.6) is 0 Å². The van der Waals surface area contributed by atoms with Crippen molar-refractivity contribution in [2.75, 3.05) is 7.11 Å². The number of nitrogens with zero attached hydrogens (tertiary/aromatic N) is 1. The van der Waals surface area contributed by atoms with E-state index in [2.05, 4.69) is 37.2 Å². The summed E-state index contributed by atoms with van der Waals surface area (Å²) in [6.45, 7) is 5.06. The maximum Gasteiger partial charge on any atom is 0.106 e. The lowest BCUT2D eigenvalue weighted by Gasteiger charge is -2.57. The van der Waals surface area contributed by atoms with E-state index in [1.165, 1.54) is 38.5 Å². The lowest BCUT2D eigenvalue weighted by Crippen LogP contribution is -2.49. The van der Waals surface area contributed by atoms with Crippen LogP contribution in [0.25, 0.3) is 0 Å². The van der Waals surface area contributed by atoms with Gasteiger partial charge >= 0.3 is 0 Å². The molecule has 5 unspecified atom stereocenters. The average molecular weight is 299 g/mol. The molecule has 0 radical (unpaired) electrons. The molecule has 0 aromatic carbocycles. The molecule has 2 nitrogen and oxygen atoms in total. The summed E-state index contributed by atoms with van der Waals surface area (Å²) in [5.74, 6) is 2.71. The Balaban J connectivity index is 1.65. The highest BCUT2D eigenvalue weighted by atomic mass is 16.6. The van der Waals surface area contributed by atoms with Crippen molar-refractivity contribution in [2.24, 2.45) is 33.7 Å². The van der Waals surface area contributed by atoms with Crippen LogP contribution in [0.4, 0.5) is 0 Å². The summed E-state index contributed by atoms with van der Waals surface area (Å²) >= 11 is 0.